The number of allylic oxidation sites excluding steroid dienone is 1. The Labute approximate surface area is 308 Å². The van der Waals surface area contributed by atoms with Crippen LogP contribution in [0.15, 0.2) is 40.8 Å². The Morgan fingerprint density at radius 2 is 1.36 bits per heavy atom. The lowest BCUT2D eigenvalue weighted by Gasteiger charge is -2.40. The Hall–Kier alpha value is -4.64. The number of Topliss-reactive ketones (excluding diaryl/α,β-unsaturated/α-hetero) is 1. The Kier molecular flexibility index (Phi) is 14.1. The Balaban J connectivity index is 2.54. The first kappa shape index (κ1) is 42.8. The number of nitrogens with zero attached hydrogens (tertiary/aromatic N) is 2. The molecule has 0 heterocycles. The highest BCUT2D eigenvalue weighted by Crippen LogP contribution is 2.47. The van der Waals surface area contributed by atoms with E-state index in [4.69, 9.17) is 0 Å². The number of aromatic hydroxyl groups is 1. The van der Waals surface area contributed by atoms with Crippen LogP contribution in [0.3, 0.4) is 0 Å². The van der Waals surface area contributed by atoms with E-state index in [1.54, 1.807) is 39.8 Å². The smallest absolute Gasteiger partial charge is 0.317 e. The lowest BCUT2D eigenvalue weighted by Crippen LogP contribution is -2.46. The van der Waals surface area contributed by atoms with Crippen molar-refractivity contribution in [3.63, 3.8) is 0 Å². The molecule has 1 aliphatic carbocycles. The first-order chi connectivity index (χ1) is 24.5. The van der Waals surface area contributed by atoms with Gasteiger partial charge in [0.15, 0.2) is 0 Å². The molecule has 6 N–H and O–H groups in total. The number of carboxylic acid groups (broad SMARTS) is 4. The van der Waals surface area contributed by atoms with E-state index in [1.807, 2.05) is 13.8 Å². The molecule has 3 rings (SSSR count). The summed E-state index contributed by atoms with van der Waals surface area (Å²) >= 11 is 0. The standard InChI is InChI=1S/C37H48N2O13S/c1-19(2)24-11-26(21(5)28(36(24)48)13-38(15-31(40)41)16-32(42)43)35(23-9-7-8-10-30(23)53(50,51)52)27-12-25(20(3)4)37(49)29(22(27)6)14-39(17-33(44)45)18-34(46)47/h7-11,19-20,22,25,29,48H,12-18H2,1-6H3,(H,40,41)(H,42,43)(H,44,45)(H,46,47)(H,50,51,52)/b35-27-. The second-order valence-corrected chi connectivity index (χ2v) is 15.6. The van der Waals surface area contributed by atoms with E-state index in [1.165, 1.54) is 18.2 Å². The van der Waals surface area contributed by atoms with Crippen molar-refractivity contribution in [2.45, 2.75) is 65.3 Å². The number of phenolic OH excluding ortho intramolecular Hbond substituents is 1. The quantitative estimate of drug-likeness (QED) is 0.126. The molecule has 1 aliphatic rings. The summed E-state index contributed by atoms with van der Waals surface area (Å²) in [5.74, 6) is -8.60. The maximum absolute atomic E-state index is 14.1. The summed E-state index contributed by atoms with van der Waals surface area (Å²) < 4.78 is 36.3. The van der Waals surface area contributed by atoms with Gasteiger partial charge in [0.25, 0.3) is 10.1 Å². The van der Waals surface area contributed by atoms with Crippen LogP contribution < -0.4 is 0 Å². The van der Waals surface area contributed by atoms with Gasteiger partial charge in [-0.2, -0.15) is 8.42 Å². The fraction of sp³-hybridized carbons (Fsp3) is 0.486. The molecule has 1 fully saturated rings. The number of phenols is 1. The highest BCUT2D eigenvalue weighted by molar-refractivity contribution is 7.86. The van der Waals surface area contributed by atoms with Crippen LogP contribution in [-0.4, -0.2) is 111 Å². The second kappa shape index (κ2) is 17.5. The second-order valence-electron chi connectivity index (χ2n) is 14.2. The summed E-state index contributed by atoms with van der Waals surface area (Å²) in [6.45, 7) is 7.32. The average molecular weight is 761 g/mol. The van der Waals surface area contributed by atoms with E-state index in [2.05, 4.69) is 0 Å². The van der Waals surface area contributed by atoms with E-state index in [0.717, 1.165) is 9.80 Å². The fourth-order valence-electron chi connectivity index (χ4n) is 7.18. The fourth-order valence-corrected chi connectivity index (χ4v) is 7.88. The van der Waals surface area contributed by atoms with Crippen LogP contribution in [0.25, 0.3) is 5.57 Å². The number of hydrogen-bond acceptors (Lipinski definition) is 10. The molecular weight excluding hydrogens is 712 g/mol. The summed E-state index contributed by atoms with van der Waals surface area (Å²) in [7, 11) is -4.87. The predicted molar refractivity (Wildman–Crippen MR) is 192 cm³/mol. The van der Waals surface area contributed by atoms with Gasteiger partial charge < -0.3 is 25.5 Å². The molecule has 53 heavy (non-hydrogen) atoms. The Bertz CT molecular complexity index is 1870. The molecule has 16 heteroatoms. The van der Waals surface area contributed by atoms with Gasteiger partial charge in [0.1, 0.15) is 16.4 Å². The molecule has 2 aromatic carbocycles. The third-order valence-electron chi connectivity index (χ3n) is 9.76. The molecule has 0 amide bonds. The third kappa shape index (κ3) is 10.5. The number of carbonyl (C=O) groups excluding carboxylic acids is 1. The lowest BCUT2D eigenvalue weighted by molar-refractivity contribution is -0.144. The molecule has 0 spiro atoms. The van der Waals surface area contributed by atoms with Crippen LogP contribution in [0.5, 0.6) is 5.75 Å². The summed E-state index contributed by atoms with van der Waals surface area (Å²) in [5.41, 5.74) is 2.18. The topological polar surface area (TPSA) is 247 Å². The van der Waals surface area contributed by atoms with Crippen molar-refractivity contribution in [3.05, 3.63) is 63.7 Å². The maximum atomic E-state index is 14.1. The number of rotatable bonds is 17. The number of ketones is 1. The van der Waals surface area contributed by atoms with Gasteiger partial charge in [0.05, 0.1) is 26.2 Å². The summed E-state index contributed by atoms with van der Waals surface area (Å²) in [4.78, 5) is 62.8. The number of hydrogen-bond donors (Lipinski definition) is 6. The minimum atomic E-state index is -4.87. The Morgan fingerprint density at radius 1 is 0.849 bits per heavy atom. The summed E-state index contributed by atoms with van der Waals surface area (Å²) in [6.07, 6.45) is 0.109. The van der Waals surface area contributed by atoms with Gasteiger partial charge in [-0.15, -0.1) is 0 Å². The molecule has 1 saturated carbocycles. The van der Waals surface area contributed by atoms with Crippen molar-refractivity contribution in [1.82, 2.24) is 9.80 Å². The molecule has 3 atom stereocenters. The van der Waals surface area contributed by atoms with Gasteiger partial charge in [-0.3, -0.25) is 38.3 Å². The van der Waals surface area contributed by atoms with Crippen molar-refractivity contribution in [2.75, 3.05) is 32.7 Å². The van der Waals surface area contributed by atoms with Gasteiger partial charge in [-0.05, 0) is 65.5 Å². The van der Waals surface area contributed by atoms with Gasteiger partial charge in [-0.1, -0.05) is 58.4 Å². The van der Waals surface area contributed by atoms with Crippen molar-refractivity contribution >= 4 is 45.4 Å². The molecule has 290 valence electrons. The molecular formula is C37H48N2O13S. The zero-order chi connectivity index (χ0) is 40.1. The molecule has 3 unspecified atom stereocenters. The highest BCUT2D eigenvalue weighted by atomic mass is 32.2. The minimum absolute atomic E-state index is 0.0581. The largest absolute Gasteiger partial charge is 0.507 e. The molecule has 0 radical (unpaired) electrons. The normalized spacial score (nSPS) is 18.9. The average Bonchev–Trinajstić information content (AvgIpc) is 3.01. The summed E-state index contributed by atoms with van der Waals surface area (Å²) in [6, 6.07) is 7.33. The first-order valence-electron chi connectivity index (χ1n) is 17.1. The van der Waals surface area contributed by atoms with Crippen LogP contribution in [0.4, 0.5) is 0 Å². The summed E-state index contributed by atoms with van der Waals surface area (Å²) in [5, 5.41) is 49.8. The zero-order valence-electron chi connectivity index (χ0n) is 30.6. The van der Waals surface area contributed by atoms with E-state index in [-0.39, 0.29) is 54.0 Å². The van der Waals surface area contributed by atoms with Gasteiger partial charge in [0.2, 0.25) is 0 Å². The van der Waals surface area contributed by atoms with Crippen LogP contribution in [0.1, 0.15) is 74.8 Å². The molecule has 0 aliphatic heterocycles. The van der Waals surface area contributed by atoms with Gasteiger partial charge in [-0.25, -0.2) is 0 Å². The maximum Gasteiger partial charge on any atom is 0.317 e. The van der Waals surface area contributed by atoms with Crippen molar-refractivity contribution in [3.8, 4) is 5.75 Å². The molecule has 15 nitrogen and oxygen atoms in total. The monoisotopic (exact) mass is 760 g/mol. The van der Waals surface area contributed by atoms with E-state index in [9.17, 15) is 62.5 Å². The van der Waals surface area contributed by atoms with Crippen LogP contribution >= 0.6 is 0 Å². The first-order valence-corrected chi connectivity index (χ1v) is 18.5. The molecule has 0 saturated heterocycles. The number of aliphatic carboxylic acids is 4. The van der Waals surface area contributed by atoms with Crippen LogP contribution in [-0.2, 0) is 40.6 Å². The molecule has 2 aromatic rings. The van der Waals surface area contributed by atoms with Gasteiger partial charge >= 0.3 is 23.9 Å². The van der Waals surface area contributed by atoms with E-state index in [0.29, 0.717) is 27.8 Å². The Morgan fingerprint density at radius 3 is 1.83 bits per heavy atom. The SMILES string of the molecule is Cc1c(/C(=C2/CC(C(C)C)C(=O)C(CN(CC(=O)O)CC(=O)O)C2C)c2ccccc2S(=O)(=O)O)cc(C(C)C)c(O)c1CN(CC(=O)O)CC(=O)O. The van der Waals surface area contributed by atoms with Crippen LogP contribution in [0, 0.1) is 30.6 Å². The van der Waals surface area contributed by atoms with E-state index < -0.39 is 82.8 Å². The van der Waals surface area contributed by atoms with Crippen LogP contribution in [0.2, 0.25) is 0 Å². The highest BCUT2D eigenvalue weighted by Gasteiger charge is 2.43. The molecule has 0 aromatic heterocycles. The van der Waals surface area contributed by atoms with Crippen molar-refractivity contribution in [1.29, 1.82) is 0 Å². The minimum Gasteiger partial charge on any atom is -0.507 e. The van der Waals surface area contributed by atoms with Crippen molar-refractivity contribution < 1.29 is 62.5 Å². The molecule has 0 bridgehead atoms. The number of carboxylic acids is 4. The third-order valence-corrected chi connectivity index (χ3v) is 10.7. The lowest BCUT2D eigenvalue weighted by atomic mass is 9.65. The van der Waals surface area contributed by atoms with Gasteiger partial charge in [0, 0.05) is 36.1 Å². The van der Waals surface area contributed by atoms with Crippen molar-refractivity contribution in [2.24, 2.45) is 23.7 Å². The predicted octanol–water partition coefficient (Wildman–Crippen LogP) is 3.81. The van der Waals surface area contributed by atoms with E-state index >= 15 is 0 Å². The zero-order valence-corrected chi connectivity index (χ0v) is 31.4. The number of carbonyl (C=O) groups is 5. The number of benzene rings is 2.